The number of carbonyl (C=O) groups is 1. The number of hydrogen-bond donors (Lipinski definition) is 2. The third kappa shape index (κ3) is 2.59. The SMILES string of the molecule is O=C(Nc1ccc2c(c1)OCO2)Nc1ncc(C2CCC2)s1. The molecule has 1 aliphatic heterocycles. The van der Waals surface area contributed by atoms with Crippen molar-refractivity contribution in [3.63, 3.8) is 0 Å². The van der Waals surface area contributed by atoms with Crippen molar-refractivity contribution in [3.05, 3.63) is 29.3 Å². The number of thiazole rings is 1. The first-order valence-corrected chi connectivity index (χ1v) is 8.03. The lowest BCUT2D eigenvalue weighted by atomic mass is 9.85. The van der Waals surface area contributed by atoms with Crippen LogP contribution >= 0.6 is 11.3 Å². The molecule has 1 saturated carbocycles. The predicted molar refractivity (Wildman–Crippen MR) is 83.9 cm³/mol. The molecule has 7 heteroatoms. The monoisotopic (exact) mass is 317 g/mol. The Labute approximate surface area is 131 Å². The van der Waals surface area contributed by atoms with Gasteiger partial charge in [-0.2, -0.15) is 0 Å². The zero-order valence-electron chi connectivity index (χ0n) is 11.8. The Morgan fingerprint density at radius 2 is 2.09 bits per heavy atom. The van der Waals surface area contributed by atoms with Crippen molar-refractivity contribution in [1.82, 2.24) is 4.98 Å². The van der Waals surface area contributed by atoms with Crippen LogP contribution in [0.5, 0.6) is 11.5 Å². The molecule has 1 aromatic carbocycles. The van der Waals surface area contributed by atoms with Crippen molar-refractivity contribution in [2.75, 3.05) is 17.4 Å². The highest BCUT2D eigenvalue weighted by molar-refractivity contribution is 7.15. The van der Waals surface area contributed by atoms with Crippen molar-refractivity contribution >= 4 is 28.2 Å². The van der Waals surface area contributed by atoms with Crippen molar-refractivity contribution in [3.8, 4) is 11.5 Å². The quantitative estimate of drug-likeness (QED) is 0.903. The summed E-state index contributed by atoms with van der Waals surface area (Å²) >= 11 is 1.55. The molecule has 2 amide bonds. The molecule has 1 aliphatic carbocycles. The second-order valence-corrected chi connectivity index (χ2v) is 6.41. The summed E-state index contributed by atoms with van der Waals surface area (Å²) in [4.78, 5) is 17.5. The van der Waals surface area contributed by atoms with E-state index in [1.807, 2.05) is 6.20 Å². The first kappa shape index (κ1) is 13.4. The highest BCUT2D eigenvalue weighted by Gasteiger charge is 2.22. The van der Waals surface area contributed by atoms with Gasteiger partial charge in [-0.05, 0) is 30.9 Å². The van der Waals surface area contributed by atoms with Gasteiger partial charge < -0.3 is 14.8 Å². The fourth-order valence-corrected chi connectivity index (χ4v) is 3.44. The lowest BCUT2D eigenvalue weighted by Gasteiger charge is -2.23. The molecule has 0 saturated heterocycles. The Hall–Kier alpha value is -2.28. The van der Waals surface area contributed by atoms with E-state index in [4.69, 9.17) is 9.47 Å². The van der Waals surface area contributed by atoms with Gasteiger partial charge in [0.25, 0.3) is 0 Å². The van der Waals surface area contributed by atoms with Crippen molar-refractivity contribution in [1.29, 1.82) is 0 Å². The van der Waals surface area contributed by atoms with E-state index in [0.29, 0.717) is 28.2 Å². The summed E-state index contributed by atoms with van der Waals surface area (Å²) in [5.41, 5.74) is 0.650. The lowest BCUT2D eigenvalue weighted by molar-refractivity contribution is 0.174. The molecule has 0 bridgehead atoms. The molecule has 2 heterocycles. The topological polar surface area (TPSA) is 72.5 Å². The number of nitrogens with one attached hydrogen (secondary N) is 2. The molecule has 0 spiro atoms. The van der Waals surface area contributed by atoms with Crippen LogP contribution < -0.4 is 20.1 Å². The molecule has 0 atom stereocenters. The van der Waals surface area contributed by atoms with E-state index in [2.05, 4.69) is 15.6 Å². The van der Waals surface area contributed by atoms with E-state index < -0.39 is 0 Å². The van der Waals surface area contributed by atoms with E-state index in [9.17, 15) is 4.79 Å². The molecule has 2 N–H and O–H groups in total. The number of anilines is 2. The van der Waals surface area contributed by atoms with Crippen LogP contribution in [0.1, 0.15) is 30.1 Å². The van der Waals surface area contributed by atoms with Gasteiger partial charge in [0.1, 0.15) is 0 Å². The molecule has 1 aromatic heterocycles. The number of benzene rings is 1. The van der Waals surface area contributed by atoms with Crippen LogP contribution in [-0.2, 0) is 0 Å². The number of carbonyl (C=O) groups excluding carboxylic acids is 1. The Morgan fingerprint density at radius 1 is 1.23 bits per heavy atom. The molecular formula is C15H15N3O3S. The van der Waals surface area contributed by atoms with Gasteiger partial charge in [0.15, 0.2) is 16.6 Å². The molecule has 6 nitrogen and oxygen atoms in total. The highest BCUT2D eigenvalue weighted by Crippen LogP contribution is 2.40. The van der Waals surface area contributed by atoms with E-state index in [0.717, 1.165) is 0 Å². The molecule has 1 fully saturated rings. The third-order valence-electron chi connectivity index (χ3n) is 3.88. The second-order valence-electron chi connectivity index (χ2n) is 5.34. The number of urea groups is 1. The average Bonchev–Trinajstić information content (AvgIpc) is 3.05. The molecule has 0 radical (unpaired) electrons. The first-order valence-electron chi connectivity index (χ1n) is 7.21. The number of fused-ring (bicyclic) bond motifs is 1. The Balaban J connectivity index is 1.38. The zero-order chi connectivity index (χ0) is 14.9. The van der Waals surface area contributed by atoms with Crippen LogP contribution in [-0.4, -0.2) is 17.8 Å². The fourth-order valence-electron chi connectivity index (χ4n) is 2.46. The maximum Gasteiger partial charge on any atom is 0.325 e. The van der Waals surface area contributed by atoms with Gasteiger partial charge in [-0.15, -0.1) is 11.3 Å². The van der Waals surface area contributed by atoms with Crippen molar-refractivity contribution in [2.24, 2.45) is 0 Å². The number of hydrogen-bond acceptors (Lipinski definition) is 5. The van der Waals surface area contributed by atoms with Crippen LogP contribution in [0.25, 0.3) is 0 Å². The minimum absolute atomic E-state index is 0.216. The second kappa shape index (κ2) is 5.49. The minimum atomic E-state index is -0.312. The average molecular weight is 317 g/mol. The predicted octanol–water partition coefficient (Wildman–Crippen LogP) is 3.78. The van der Waals surface area contributed by atoms with E-state index in [-0.39, 0.29) is 12.8 Å². The summed E-state index contributed by atoms with van der Waals surface area (Å²) in [5, 5.41) is 6.16. The standard InChI is InChI=1S/C15H15N3O3S/c19-14(17-10-4-5-11-12(6-10)21-8-20-11)18-15-16-7-13(22-15)9-2-1-3-9/h4-7,9H,1-3,8H2,(H2,16,17,18,19). The van der Waals surface area contributed by atoms with Gasteiger partial charge in [0.2, 0.25) is 6.79 Å². The summed E-state index contributed by atoms with van der Waals surface area (Å²) in [7, 11) is 0. The maximum absolute atomic E-state index is 12.0. The van der Waals surface area contributed by atoms with E-state index >= 15 is 0 Å². The number of amides is 2. The summed E-state index contributed by atoms with van der Waals surface area (Å²) in [5.74, 6) is 1.96. The molecule has 0 unspecified atom stereocenters. The van der Waals surface area contributed by atoms with Crippen LogP contribution in [0.2, 0.25) is 0 Å². The van der Waals surface area contributed by atoms with Crippen LogP contribution in [0.4, 0.5) is 15.6 Å². The number of rotatable bonds is 3. The van der Waals surface area contributed by atoms with E-state index in [1.165, 1.54) is 24.1 Å². The number of nitrogens with zero attached hydrogens (tertiary/aromatic N) is 1. The first-order chi connectivity index (χ1) is 10.8. The summed E-state index contributed by atoms with van der Waals surface area (Å²) in [6, 6.07) is 4.97. The smallest absolute Gasteiger partial charge is 0.325 e. The third-order valence-corrected chi connectivity index (χ3v) is 4.96. The highest BCUT2D eigenvalue weighted by atomic mass is 32.1. The Kier molecular flexibility index (Phi) is 3.34. The number of aromatic nitrogens is 1. The van der Waals surface area contributed by atoms with Crippen LogP contribution in [0.15, 0.2) is 24.4 Å². The van der Waals surface area contributed by atoms with Gasteiger partial charge >= 0.3 is 6.03 Å². The summed E-state index contributed by atoms with van der Waals surface area (Å²) in [6.45, 7) is 0.216. The largest absolute Gasteiger partial charge is 0.454 e. The number of ether oxygens (including phenoxy) is 2. The minimum Gasteiger partial charge on any atom is -0.454 e. The van der Waals surface area contributed by atoms with Crippen LogP contribution in [0.3, 0.4) is 0 Å². The van der Waals surface area contributed by atoms with Gasteiger partial charge in [-0.3, -0.25) is 5.32 Å². The van der Waals surface area contributed by atoms with Gasteiger partial charge in [-0.1, -0.05) is 6.42 Å². The zero-order valence-corrected chi connectivity index (χ0v) is 12.6. The van der Waals surface area contributed by atoms with E-state index in [1.54, 1.807) is 29.5 Å². The molecule has 22 heavy (non-hydrogen) atoms. The Morgan fingerprint density at radius 3 is 2.91 bits per heavy atom. The summed E-state index contributed by atoms with van der Waals surface area (Å²) in [6.07, 6.45) is 5.61. The van der Waals surface area contributed by atoms with Crippen LogP contribution in [0, 0.1) is 0 Å². The lowest BCUT2D eigenvalue weighted by Crippen LogP contribution is -2.19. The molecule has 2 aliphatic rings. The normalized spacial score (nSPS) is 16.2. The maximum atomic E-state index is 12.0. The summed E-state index contributed by atoms with van der Waals surface area (Å²) < 4.78 is 10.5. The van der Waals surface area contributed by atoms with Gasteiger partial charge in [0.05, 0.1) is 0 Å². The Bertz CT molecular complexity index is 712. The van der Waals surface area contributed by atoms with Crippen molar-refractivity contribution in [2.45, 2.75) is 25.2 Å². The molecule has 4 rings (SSSR count). The molecule has 114 valence electrons. The van der Waals surface area contributed by atoms with Gasteiger partial charge in [-0.25, -0.2) is 9.78 Å². The van der Waals surface area contributed by atoms with Gasteiger partial charge in [0, 0.05) is 22.8 Å². The molecular weight excluding hydrogens is 302 g/mol. The fraction of sp³-hybridized carbons (Fsp3) is 0.333. The molecule has 2 aromatic rings. The van der Waals surface area contributed by atoms with Crippen molar-refractivity contribution < 1.29 is 14.3 Å².